The summed E-state index contributed by atoms with van der Waals surface area (Å²) in [7, 11) is -3.78. The Morgan fingerprint density at radius 2 is 2.00 bits per heavy atom. The van der Waals surface area contributed by atoms with E-state index in [1.807, 2.05) is 0 Å². The van der Waals surface area contributed by atoms with Gasteiger partial charge in [0.15, 0.2) is 0 Å². The van der Waals surface area contributed by atoms with E-state index in [1.165, 1.54) is 6.08 Å². The Hall–Kier alpha value is 0.487. The molecule has 44 valence electrons. The van der Waals surface area contributed by atoms with Crippen molar-refractivity contribution in [3.8, 4) is 0 Å². The molecule has 0 bridgehead atoms. The fourth-order valence-electron chi connectivity index (χ4n) is 0.168. The predicted octanol–water partition coefficient (Wildman–Crippen LogP) is -0.298. The van der Waals surface area contributed by atoms with Crippen molar-refractivity contribution in [2.45, 2.75) is 0 Å². The van der Waals surface area contributed by atoms with Gasteiger partial charge in [-0.05, 0) is 0 Å². The van der Waals surface area contributed by atoms with Crippen molar-refractivity contribution in [1.82, 2.24) is 0 Å². The van der Waals surface area contributed by atoms with E-state index in [9.17, 15) is 4.57 Å². The van der Waals surface area contributed by atoms with Crippen molar-refractivity contribution >= 4 is 26.5 Å². The summed E-state index contributed by atoms with van der Waals surface area (Å²) < 4.78 is 9.85. The third-order valence-electron chi connectivity index (χ3n) is 0.367. The molecular weight excluding hydrogens is 122 g/mol. The summed E-state index contributed by atoms with van der Waals surface area (Å²) in [5.41, 5.74) is 0. The Balaban J connectivity index is 0. The van der Waals surface area contributed by atoms with Gasteiger partial charge < -0.3 is 9.79 Å². The van der Waals surface area contributed by atoms with Crippen LogP contribution in [0.2, 0.25) is 0 Å². The molecule has 3 nitrogen and oxygen atoms in total. The Morgan fingerprint density at radius 1 is 1.62 bits per heavy atom. The van der Waals surface area contributed by atoms with Gasteiger partial charge in [0, 0.05) is 0 Å². The normalized spacial score (nSPS) is 9.75. The van der Waals surface area contributed by atoms with E-state index >= 15 is 0 Å². The fourth-order valence-corrected chi connectivity index (χ4v) is 0.505. The van der Waals surface area contributed by atoms with Crippen LogP contribution in [0.15, 0.2) is 12.7 Å². The van der Waals surface area contributed by atoms with Gasteiger partial charge in [-0.3, -0.25) is 4.57 Å². The summed E-state index contributed by atoms with van der Waals surface area (Å²) in [5.74, 6) is 0. The monoisotopic (exact) mass is 130 g/mol. The first-order valence-electron chi connectivity index (χ1n) is 1.72. The molecule has 0 spiro atoms. The molecular formula is C3H8LiO3P. The van der Waals surface area contributed by atoms with E-state index in [2.05, 4.69) is 6.58 Å². The maximum atomic E-state index is 9.85. The zero-order valence-electron chi connectivity index (χ0n) is 3.74. The molecule has 0 heterocycles. The molecule has 0 saturated heterocycles. The van der Waals surface area contributed by atoms with E-state index in [0.717, 1.165) is 0 Å². The molecule has 0 saturated carbocycles. The number of hydrogen-bond donors (Lipinski definition) is 2. The Kier molecular flexibility index (Phi) is 6.18. The number of allylic oxidation sites excluding steroid dienone is 1. The second-order valence-electron chi connectivity index (χ2n) is 1.14. The standard InChI is InChI=1S/C3H7O3P.Li.H/c1-2-3-7(4,5)6;;/h2H,1,3H2,(H2,4,5,6);;. The molecule has 0 aliphatic rings. The minimum absolute atomic E-state index is 0. The van der Waals surface area contributed by atoms with Gasteiger partial charge in [0.2, 0.25) is 0 Å². The minimum atomic E-state index is -3.78. The van der Waals surface area contributed by atoms with Crippen LogP contribution < -0.4 is 0 Å². The van der Waals surface area contributed by atoms with Crippen LogP contribution in [0.3, 0.4) is 0 Å². The molecule has 0 atom stereocenters. The van der Waals surface area contributed by atoms with Crippen LogP contribution in [0.25, 0.3) is 0 Å². The first-order chi connectivity index (χ1) is 3.06. The van der Waals surface area contributed by atoms with E-state index < -0.39 is 7.60 Å². The third kappa shape index (κ3) is 9.70. The van der Waals surface area contributed by atoms with Gasteiger partial charge in [-0.1, -0.05) is 6.08 Å². The second-order valence-corrected chi connectivity index (χ2v) is 2.83. The maximum absolute atomic E-state index is 9.85. The van der Waals surface area contributed by atoms with Gasteiger partial charge in [-0.15, -0.1) is 6.58 Å². The van der Waals surface area contributed by atoms with Crippen LogP contribution >= 0.6 is 7.60 Å². The summed E-state index contributed by atoms with van der Waals surface area (Å²) in [6.07, 6.45) is 0.966. The van der Waals surface area contributed by atoms with Crippen LogP contribution in [0.4, 0.5) is 0 Å². The van der Waals surface area contributed by atoms with Crippen molar-refractivity contribution in [1.29, 1.82) is 0 Å². The molecule has 0 aliphatic heterocycles. The summed E-state index contributed by atoms with van der Waals surface area (Å²) in [5, 5.41) is 0. The van der Waals surface area contributed by atoms with E-state index in [4.69, 9.17) is 9.79 Å². The van der Waals surface area contributed by atoms with Gasteiger partial charge >= 0.3 is 26.5 Å². The zero-order valence-corrected chi connectivity index (χ0v) is 4.64. The first-order valence-corrected chi connectivity index (χ1v) is 3.51. The van der Waals surface area contributed by atoms with Crippen LogP contribution in [-0.4, -0.2) is 34.8 Å². The van der Waals surface area contributed by atoms with Crippen LogP contribution in [0.1, 0.15) is 0 Å². The zero-order chi connectivity index (χ0) is 5.91. The first kappa shape index (κ1) is 11.3. The molecule has 0 aromatic rings. The Bertz CT molecular complexity index is 107. The average molecular weight is 130 g/mol. The van der Waals surface area contributed by atoms with Gasteiger partial charge in [0.25, 0.3) is 0 Å². The molecule has 0 amide bonds. The van der Waals surface area contributed by atoms with Gasteiger partial charge in [0.05, 0.1) is 6.16 Å². The summed E-state index contributed by atoms with van der Waals surface area (Å²) in [4.78, 5) is 16.1. The summed E-state index contributed by atoms with van der Waals surface area (Å²) in [6.45, 7) is 3.15. The quantitative estimate of drug-likeness (QED) is 0.306. The van der Waals surface area contributed by atoms with Crippen molar-refractivity contribution in [3.05, 3.63) is 12.7 Å². The topological polar surface area (TPSA) is 57.5 Å². The van der Waals surface area contributed by atoms with Crippen molar-refractivity contribution in [2.24, 2.45) is 0 Å². The van der Waals surface area contributed by atoms with Crippen LogP contribution in [-0.2, 0) is 4.57 Å². The molecule has 5 heteroatoms. The van der Waals surface area contributed by atoms with Crippen LogP contribution in [0.5, 0.6) is 0 Å². The average Bonchev–Trinajstić information content (AvgIpc) is 1.30. The van der Waals surface area contributed by atoms with Gasteiger partial charge in [0.1, 0.15) is 0 Å². The predicted molar refractivity (Wildman–Crippen MR) is 34.3 cm³/mol. The number of rotatable bonds is 2. The fraction of sp³-hybridized carbons (Fsp3) is 0.333. The SMILES string of the molecule is C=CCP(=O)(O)O.[LiH]. The molecule has 8 heavy (non-hydrogen) atoms. The van der Waals surface area contributed by atoms with Gasteiger partial charge in [-0.2, -0.15) is 0 Å². The molecule has 0 fully saturated rings. The van der Waals surface area contributed by atoms with E-state index in [-0.39, 0.29) is 25.0 Å². The molecule has 0 unspecified atom stereocenters. The van der Waals surface area contributed by atoms with Crippen molar-refractivity contribution in [2.75, 3.05) is 6.16 Å². The van der Waals surface area contributed by atoms with E-state index in [0.29, 0.717) is 0 Å². The van der Waals surface area contributed by atoms with E-state index in [1.54, 1.807) is 0 Å². The van der Waals surface area contributed by atoms with Gasteiger partial charge in [-0.25, -0.2) is 0 Å². The Labute approximate surface area is 60.1 Å². The number of hydrogen-bond acceptors (Lipinski definition) is 1. The molecule has 0 radical (unpaired) electrons. The second kappa shape index (κ2) is 4.37. The summed E-state index contributed by atoms with van der Waals surface area (Å²) in [6, 6.07) is 0. The van der Waals surface area contributed by atoms with Crippen molar-refractivity contribution in [3.63, 3.8) is 0 Å². The van der Waals surface area contributed by atoms with Crippen LogP contribution in [0, 0.1) is 0 Å². The Morgan fingerprint density at radius 3 is 2.00 bits per heavy atom. The van der Waals surface area contributed by atoms with Crippen molar-refractivity contribution < 1.29 is 14.4 Å². The molecule has 0 aromatic carbocycles. The molecule has 0 aliphatic carbocycles. The summed E-state index contributed by atoms with van der Waals surface area (Å²) >= 11 is 0. The molecule has 0 rings (SSSR count). The molecule has 2 N–H and O–H groups in total. The third-order valence-corrected chi connectivity index (χ3v) is 1.10. The molecule has 0 aromatic heterocycles.